The highest BCUT2D eigenvalue weighted by Crippen LogP contribution is 2.26. The van der Waals surface area contributed by atoms with Gasteiger partial charge in [-0.3, -0.25) is 14.2 Å². The van der Waals surface area contributed by atoms with E-state index in [1.807, 2.05) is 0 Å². The third-order valence-electron chi connectivity index (χ3n) is 5.28. The monoisotopic (exact) mass is 543 g/mol. The van der Waals surface area contributed by atoms with E-state index >= 15 is 0 Å². The van der Waals surface area contributed by atoms with E-state index in [1.165, 1.54) is 47.3 Å². The zero-order valence-electron chi connectivity index (χ0n) is 18.9. The quantitative estimate of drug-likeness (QED) is 0.310. The number of fused-ring (bicyclic) bond motifs is 1. The van der Waals surface area contributed by atoms with Crippen molar-refractivity contribution >= 4 is 49.8 Å². The summed E-state index contributed by atoms with van der Waals surface area (Å²) in [5.74, 6) is -1.74. The van der Waals surface area contributed by atoms with Crippen molar-refractivity contribution in [3.05, 3.63) is 89.5 Å². The summed E-state index contributed by atoms with van der Waals surface area (Å²) in [4.78, 5) is 16.4. The lowest BCUT2D eigenvalue weighted by Gasteiger charge is -2.07. The fourth-order valence-electron chi connectivity index (χ4n) is 3.61. The second-order valence-corrected chi connectivity index (χ2v) is 9.92. The standard InChI is InChI=1S/C23H16ClF2N7O3S/c1-32-22(23(34)28-13-6-8-18(25)17(24)9-13)16-7-5-14(10-19(16)30-32)31-37(35,36)15-11-27-33(12-15)21-4-2-3-20(26)29-21/h2-12,31H,1H3,(H,28,34). The fourth-order valence-corrected chi connectivity index (χ4v) is 4.77. The number of amides is 1. The van der Waals surface area contributed by atoms with Crippen LogP contribution in [-0.2, 0) is 17.1 Å². The number of hydrogen-bond donors (Lipinski definition) is 2. The maximum Gasteiger partial charge on any atom is 0.274 e. The molecule has 0 spiro atoms. The first-order valence-corrected chi connectivity index (χ1v) is 12.4. The highest BCUT2D eigenvalue weighted by Gasteiger charge is 2.21. The molecule has 5 aromatic rings. The van der Waals surface area contributed by atoms with Crippen molar-refractivity contribution < 1.29 is 22.0 Å². The first-order valence-electron chi connectivity index (χ1n) is 10.5. The van der Waals surface area contributed by atoms with Crippen molar-refractivity contribution in [1.29, 1.82) is 0 Å². The molecule has 0 aliphatic carbocycles. The van der Waals surface area contributed by atoms with Crippen LogP contribution in [0.15, 0.2) is 71.9 Å². The molecule has 2 aromatic carbocycles. The number of carbonyl (C=O) groups excluding carboxylic acids is 1. The highest BCUT2D eigenvalue weighted by atomic mass is 35.5. The number of hydrogen-bond acceptors (Lipinski definition) is 6. The van der Waals surface area contributed by atoms with Gasteiger partial charge in [-0.25, -0.2) is 22.5 Å². The first kappa shape index (κ1) is 24.3. The van der Waals surface area contributed by atoms with Crippen LogP contribution in [0.1, 0.15) is 10.5 Å². The molecule has 0 bridgehead atoms. The van der Waals surface area contributed by atoms with E-state index in [2.05, 4.69) is 25.2 Å². The number of aromatic nitrogens is 5. The summed E-state index contributed by atoms with van der Waals surface area (Å²) in [6, 6.07) is 12.4. The Labute approximate surface area is 213 Å². The molecule has 0 aliphatic heterocycles. The smallest absolute Gasteiger partial charge is 0.274 e. The summed E-state index contributed by atoms with van der Waals surface area (Å²) in [6.07, 6.45) is 2.31. The van der Waals surface area contributed by atoms with Gasteiger partial charge in [-0.1, -0.05) is 17.7 Å². The molecule has 0 unspecified atom stereocenters. The molecular weight excluding hydrogens is 528 g/mol. The van der Waals surface area contributed by atoms with Gasteiger partial charge >= 0.3 is 0 Å². The number of benzene rings is 2. The van der Waals surface area contributed by atoms with Crippen LogP contribution in [0.4, 0.5) is 20.2 Å². The van der Waals surface area contributed by atoms with Crippen LogP contribution >= 0.6 is 11.6 Å². The number of sulfonamides is 1. The van der Waals surface area contributed by atoms with Gasteiger partial charge in [-0.05, 0) is 48.5 Å². The van der Waals surface area contributed by atoms with E-state index in [0.29, 0.717) is 16.6 Å². The molecule has 1 amide bonds. The normalized spacial score (nSPS) is 11.6. The molecule has 0 saturated heterocycles. The van der Waals surface area contributed by atoms with Crippen molar-refractivity contribution in [2.24, 2.45) is 7.05 Å². The Morgan fingerprint density at radius 2 is 1.84 bits per heavy atom. The third kappa shape index (κ3) is 4.86. The topological polar surface area (TPSA) is 124 Å². The minimum atomic E-state index is -4.06. The fraction of sp³-hybridized carbons (Fsp3) is 0.0435. The van der Waals surface area contributed by atoms with Crippen molar-refractivity contribution in [3.63, 3.8) is 0 Å². The van der Waals surface area contributed by atoms with Gasteiger partial charge < -0.3 is 5.32 Å². The summed E-state index contributed by atoms with van der Waals surface area (Å²) in [5, 5.41) is 11.2. The van der Waals surface area contributed by atoms with E-state index < -0.39 is 27.7 Å². The van der Waals surface area contributed by atoms with Crippen LogP contribution in [0, 0.1) is 11.8 Å². The predicted molar refractivity (Wildman–Crippen MR) is 132 cm³/mol. The number of aryl methyl sites for hydroxylation is 1. The molecule has 0 atom stereocenters. The second-order valence-electron chi connectivity index (χ2n) is 7.83. The van der Waals surface area contributed by atoms with Gasteiger partial charge in [0.05, 0.1) is 28.6 Å². The Hall–Kier alpha value is -4.36. The van der Waals surface area contributed by atoms with Crippen LogP contribution in [0.2, 0.25) is 5.02 Å². The Morgan fingerprint density at radius 3 is 2.59 bits per heavy atom. The molecule has 5 rings (SSSR count). The summed E-state index contributed by atoms with van der Waals surface area (Å²) >= 11 is 5.78. The number of anilines is 2. The van der Waals surface area contributed by atoms with Crippen molar-refractivity contribution in [2.45, 2.75) is 4.90 Å². The molecule has 0 radical (unpaired) electrons. The minimum absolute atomic E-state index is 0.116. The molecule has 3 heterocycles. The van der Waals surface area contributed by atoms with E-state index in [1.54, 1.807) is 13.1 Å². The maximum absolute atomic E-state index is 13.4. The zero-order chi connectivity index (χ0) is 26.3. The average Bonchev–Trinajstić information content (AvgIpc) is 3.46. The van der Waals surface area contributed by atoms with Crippen molar-refractivity contribution in [3.8, 4) is 5.82 Å². The first-order chi connectivity index (χ1) is 17.6. The lowest BCUT2D eigenvalue weighted by molar-refractivity contribution is 0.101. The van der Waals surface area contributed by atoms with Crippen LogP contribution in [0.5, 0.6) is 0 Å². The number of carbonyl (C=O) groups is 1. The SMILES string of the molecule is Cn1nc2cc(NS(=O)(=O)c3cnn(-c4cccc(F)n4)c3)ccc2c1C(=O)Nc1ccc(F)c(Cl)c1. The van der Waals surface area contributed by atoms with Gasteiger partial charge in [0.25, 0.3) is 15.9 Å². The van der Waals surface area contributed by atoms with E-state index in [4.69, 9.17) is 11.6 Å². The molecule has 2 N–H and O–H groups in total. The Bertz CT molecular complexity index is 1790. The second kappa shape index (κ2) is 9.26. The van der Waals surface area contributed by atoms with Crippen LogP contribution in [0.25, 0.3) is 16.7 Å². The van der Waals surface area contributed by atoms with Crippen LogP contribution < -0.4 is 10.0 Å². The zero-order valence-corrected chi connectivity index (χ0v) is 20.4. The van der Waals surface area contributed by atoms with E-state index in [9.17, 15) is 22.0 Å². The number of pyridine rings is 1. The number of rotatable bonds is 6. The third-order valence-corrected chi connectivity index (χ3v) is 6.91. The van der Waals surface area contributed by atoms with Gasteiger partial charge in [0.15, 0.2) is 5.82 Å². The largest absolute Gasteiger partial charge is 0.321 e. The molecule has 37 heavy (non-hydrogen) atoms. The van der Waals surface area contributed by atoms with Gasteiger partial charge in [0, 0.05) is 18.1 Å². The maximum atomic E-state index is 13.4. The molecular formula is C23H16ClF2N7O3S. The molecule has 0 saturated carbocycles. The van der Waals surface area contributed by atoms with Gasteiger partial charge in [0.2, 0.25) is 5.95 Å². The summed E-state index contributed by atoms with van der Waals surface area (Å²) in [5.41, 5.74) is 1.04. The van der Waals surface area contributed by atoms with Gasteiger partial charge in [-0.15, -0.1) is 0 Å². The van der Waals surface area contributed by atoms with Crippen molar-refractivity contribution in [1.82, 2.24) is 24.5 Å². The molecule has 14 heteroatoms. The summed E-state index contributed by atoms with van der Waals surface area (Å²) in [7, 11) is -2.50. The molecule has 0 aliphatic rings. The molecule has 188 valence electrons. The summed E-state index contributed by atoms with van der Waals surface area (Å²) in [6.45, 7) is 0. The average molecular weight is 544 g/mol. The Kier molecular flexibility index (Phi) is 6.09. The van der Waals surface area contributed by atoms with E-state index in [0.717, 1.165) is 23.0 Å². The van der Waals surface area contributed by atoms with Gasteiger partial charge in [-0.2, -0.15) is 14.6 Å². The molecule has 10 nitrogen and oxygen atoms in total. The number of halogens is 3. The van der Waals surface area contributed by atoms with Crippen LogP contribution in [0.3, 0.4) is 0 Å². The van der Waals surface area contributed by atoms with Crippen molar-refractivity contribution in [2.75, 3.05) is 10.0 Å². The lowest BCUT2D eigenvalue weighted by Crippen LogP contribution is -2.16. The minimum Gasteiger partial charge on any atom is -0.321 e. The lowest BCUT2D eigenvalue weighted by atomic mass is 10.2. The Balaban J connectivity index is 1.39. The van der Waals surface area contributed by atoms with E-state index in [-0.39, 0.29) is 27.1 Å². The Morgan fingerprint density at radius 1 is 1.05 bits per heavy atom. The van der Waals surface area contributed by atoms with Crippen LogP contribution in [-0.4, -0.2) is 38.9 Å². The molecule has 3 aromatic heterocycles. The molecule has 0 fully saturated rings. The van der Waals surface area contributed by atoms with Gasteiger partial charge in [0.1, 0.15) is 16.4 Å². The summed E-state index contributed by atoms with van der Waals surface area (Å²) < 4.78 is 57.5. The number of nitrogens with one attached hydrogen (secondary N) is 2. The number of nitrogens with zero attached hydrogens (tertiary/aromatic N) is 5. The highest BCUT2D eigenvalue weighted by molar-refractivity contribution is 7.92. The predicted octanol–water partition coefficient (Wildman–Crippen LogP) is 4.14.